The highest BCUT2D eigenvalue weighted by molar-refractivity contribution is 6.79. The quantitative estimate of drug-likeness (QED) is 0.570. The van der Waals surface area contributed by atoms with Gasteiger partial charge in [0, 0.05) is 0 Å². The summed E-state index contributed by atoms with van der Waals surface area (Å²) < 4.78 is 6.02. The Balaban J connectivity index is 4.11. The summed E-state index contributed by atoms with van der Waals surface area (Å²) in [5.41, 5.74) is 6.04. The molecular formula is C9H25NOSi2. The zero-order valence-electron chi connectivity index (χ0n) is 9.98. The molecule has 0 aromatic rings. The molecule has 0 rings (SSSR count). The van der Waals surface area contributed by atoms with Crippen LogP contribution in [0.15, 0.2) is 0 Å². The predicted octanol–water partition coefficient (Wildman–Crippen LogP) is 2.78. The number of hydrogen-bond acceptors (Lipinski definition) is 2. The summed E-state index contributed by atoms with van der Waals surface area (Å²) in [6.07, 6.45) is 1.21. The molecular weight excluding hydrogens is 194 g/mol. The van der Waals surface area contributed by atoms with E-state index in [2.05, 4.69) is 39.7 Å². The fourth-order valence-corrected chi connectivity index (χ4v) is 5.56. The molecule has 2 N–H and O–H groups in total. The molecule has 0 aromatic carbocycles. The highest BCUT2D eigenvalue weighted by Gasteiger charge is 2.31. The van der Waals surface area contributed by atoms with Gasteiger partial charge in [0.05, 0.1) is 13.9 Å². The van der Waals surface area contributed by atoms with Gasteiger partial charge in [0.25, 0.3) is 0 Å². The SMILES string of the molecule is CCC[Si](C)(C)OC(N)[Si](C)(C)C. The van der Waals surface area contributed by atoms with Crippen LogP contribution in [0.5, 0.6) is 0 Å². The van der Waals surface area contributed by atoms with Crippen LogP contribution in [-0.2, 0) is 4.43 Å². The first-order valence-corrected chi connectivity index (χ1v) is 11.8. The summed E-state index contributed by atoms with van der Waals surface area (Å²) in [5, 5.41) is 0. The van der Waals surface area contributed by atoms with Gasteiger partial charge in [-0.05, 0) is 19.1 Å². The lowest BCUT2D eigenvalue weighted by Crippen LogP contribution is -2.52. The van der Waals surface area contributed by atoms with Crippen LogP contribution in [0.1, 0.15) is 13.3 Å². The van der Waals surface area contributed by atoms with E-state index in [1.807, 2.05) is 0 Å². The number of nitrogens with two attached hydrogens (primary N) is 1. The zero-order valence-corrected chi connectivity index (χ0v) is 12.0. The van der Waals surface area contributed by atoms with Crippen molar-refractivity contribution < 1.29 is 4.43 Å². The summed E-state index contributed by atoms with van der Waals surface area (Å²) >= 11 is 0. The predicted molar refractivity (Wildman–Crippen MR) is 65.0 cm³/mol. The topological polar surface area (TPSA) is 35.2 Å². The van der Waals surface area contributed by atoms with Crippen LogP contribution < -0.4 is 5.73 Å². The molecule has 0 radical (unpaired) electrons. The van der Waals surface area contributed by atoms with Crippen molar-refractivity contribution in [2.45, 2.75) is 58.0 Å². The van der Waals surface area contributed by atoms with Crippen molar-refractivity contribution in [3.05, 3.63) is 0 Å². The minimum atomic E-state index is -1.47. The van der Waals surface area contributed by atoms with Gasteiger partial charge in [0.2, 0.25) is 0 Å². The maximum absolute atomic E-state index is 6.04. The lowest BCUT2D eigenvalue weighted by atomic mass is 10.6. The highest BCUT2D eigenvalue weighted by Crippen LogP contribution is 2.18. The first-order chi connectivity index (χ1) is 5.69. The van der Waals surface area contributed by atoms with Crippen molar-refractivity contribution in [1.82, 2.24) is 0 Å². The fraction of sp³-hybridized carbons (Fsp3) is 1.00. The molecule has 13 heavy (non-hydrogen) atoms. The van der Waals surface area contributed by atoms with Crippen molar-refractivity contribution in [2.75, 3.05) is 0 Å². The Kier molecular flexibility index (Phi) is 4.86. The summed E-state index contributed by atoms with van der Waals surface area (Å²) in [7, 11) is -2.78. The molecule has 0 heterocycles. The molecule has 0 spiro atoms. The Hall–Kier alpha value is 0.354. The largest absolute Gasteiger partial charge is 0.406 e. The average Bonchev–Trinajstić information content (AvgIpc) is 1.83. The van der Waals surface area contributed by atoms with E-state index in [1.54, 1.807) is 0 Å². The molecule has 1 atom stereocenters. The molecule has 0 saturated heterocycles. The lowest BCUT2D eigenvalue weighted by Gasteiger charge is -2.33. The van der Waals surface area contributed by atoms with Crippen LogP contribution in [0.2, 0.25) is 38.8 Å². The second-order valence-electron chi connectivity index (χ2n) is 5.41. The van der Waals surface area contributed by atoms with Crippen LogP contribution in [0, 0.1) is 0 Å². The van der Waals surface area contributed by atoms with Crippen LogP contribution in [0.4, 0.5) is 0 Å². The molecule has 2 nitrogen and oxygen atoms in total. The minimum absolute atomic E-state index is 0.0146. The standard InChI is InChI=1S/C9H25NOSi2/c1-7-8-13(5,6)11-9(10)12(2,3)4/h9H,7-8,10H2,1-6H3. The van der Waals surface area contributed by atoms with Gasteiger partial charge in [0.15, 0.2) is 8.32 Å². The van der Waals surface area contributed by atoms with Gasteiger partial charge in [-0.1, -0.05) is 33.0 Å². The zero-order chi connectivity index (χ0) is 10.7. The third-order valence-electron chi connectivity index (χ3n) is 2.15. The first kappa shape index (κ1) is 13.4. The molecule has 0 saturated carbocycles. The van der Waals surface area contributed by atoms with Crippen molar-refractivity contribution in [2.24, 2.45) is 5.73 Å². The minimum Gasteiger partial charge on any atom is -0.406 e. The Morgan fingerprint density at radius 3 is 1.92 bits per heavy atom. The van der Waals surface area contributed by atoms with Crippen LogP contribution in [-0.4, -0.2) is 22.2 Å². The van der Waals surface area contributed by atoms with E-state index in [9.17, 15) is 0 Å². The second kappa shape index (κ2) is 4.73. The highest BCUT2D eigenvalue weighted by atomic mass is 28.4. The van der Waals surface area contributed by atoms with E-state index in [0.29, 0.717) is 0 Å². The van der Waals surface area contributed by atoms with Crippen molar-refractivity contribution in [3.8, 4) is 0 Å². The third kappa shape index (κ3) is 5.62. The Morgan fingerprint density at radius 1 is 1.15 bits per heavy atom. The van der Waals surface area contributed by atoms with Crippen molar-refractivity contribution in [1.29, 1.82) is 0 Å². The number of hydrogen-bond donors (Lipinski definition) is 1. The molecule has 0 bridgehead atoms. The Bertz CT molecular complexity index is 154. The van der Waals surface area contributed by atoms with Crippen molar-refractivity contribution in [3.63, 3.8) is 0 Å². The van der Waals surface area contributed by atoms with Gasteiger partial charge in [-0.3, -0.25) is 0 Å². The Morgan fingerprint density at radius 2 is 1.62 bits per heavy atom. The average molecular weight is 219 g/mol. The summed E-state index contributed by atoms with van der Waals surface area (Å²) in [4.78, 5) is 0. The maximum Gasteiger partial charge on any atom is 0.188 e. The maximum atomic E-state index is 6.04. The summed E-state index contributed by atoms with van der Waals surface area (Å²) in [6, 6.07) is 1.21. The smallest absolute Gasteiger partial charge is 0.188 e. The van der Waals surface area contributed by atoms with Gasteiger partial charge in [-0.25, -0.2) is 0 Å². The lowest BCUT2D eigenvalue weighted by molar-refractivity contribution is 0.266. The monoisotopic (exact) mass is 219 g/mol. The van der Waals surface area contributed by atoms with Gasteiger partial charge in [0.1, 0.15) is 0 Å². The van der Waals surface area contributed by atoms with Crippen LogP contribution in [0.25, 0.3) is 0 Å². The molecule has 0 aliphatic heterocycles. The van der Waals surface area contributed by atoms with Gasteiger partial charge in [-0.15, -0.1) is 0 Å². The van der Waals surface area contributed by atoms with E-state index in [1.165, 1.54) is 12.5 Å². The van der Waals surface area contributed by atoms with E-state index in [0.717, 1.165) is 0 Å². The van der Waals surface area contributed by atoms with E-state index >= 15 is 0 Å². The van der Waals surface area contributed by atoms with E-state index in [-0.39, 0.29) is 5.85 Å². The Labute approximate surface area is 85.0 Å². The molecule has 0 aromatic heterocycles. The molecule has 1 unspecified atom stereocenters. The van der Waals surface area contributed by atoms with Crippen LogP contribution >= 0.6 is 0 Å². The van der Waals surface area contributed by atoms with Gasteiger partial charge >= 0.3 is 0 Å². The molecule has 0 aliphatic carbocycles. The molecule has 0 fully saturated rings. The molecule has 0 amide bonds. The third-order valence-corrected chi connectivity index (χ3v) is 6.81. The number of rotatable bonds is 5. The second-order valence-corrected chi connectivity index (χ2v) is 15.0. The summed E-state index contributed by atoms with van der Waals surface area (Å²) in [6.45, 7) is 13.5. The van der Waals surface area contributed by atoms with Crippen LogP contribution in [0.3, 0.4) is 0 Å². The van der Waals surface area contributed by atoms with E-state index in [4.69, 9.17) is 10.2 Å². The fourth-order valence-electron chi connectivity index (χ4n) is 1.18. The molecule has 80 valence electrons. The van der Waals surface area contributed by atoms with E-state index < -0.39 is 16.4 Å². The normalized spacial score (nSPS) is 15.9. The summed E-state index contributed by atoms with van der Waals surface area (Å²) in [5.74, 6) is 0.0146. The van der Waals surface area contributed by atoms with Gasteiger partial charge < -0.3 is 10.2 Å². The molecule has 0 aliphatic rings. The van der Waals surface area contributed by atoms with Gasteiger partial charge in [-0.2, -0.15) is 0 Å². The first-order valence-electron chi connectivity index (χ1n) is 5.12. The molecule has 4 heteroatoms. The van der Waals surface area contributed by atoms with Crippen molar-refractivity contribution >= 4 is 16.4 Å².